The highest BCUT2D eigenvalue weighted by Gasteiger charge is 2.32. The highest BCUT2D eigenvalue weighted by Crippen LogP contribution is 2.32. The van der Waals surface area contributed by atoms with Crippen molar-refractivity contribution in [1.82, 2.24) is 0 Å². The van der Waals surface area contributed by atoms with Gasteiger partial charge in [0.1, 0.15) is 6.10 Å². The number of carbonyl (C=O) groups is 2. The molecule has 0 aromatic carbocycles. The Kier molecular flexibility index (Phi) is 12.5. The fourth-order valence-corrected chi connectivity index (χ4v) is 4.84. The molecule has 2 fully saturated rings. The van der Waals surface area contributed by atoms with Crippen LogP contribution in [0.3, 0.4) is 0 Å². The fourth-order valence-electron chi connectivity index (χ4n) is 4.84. The standard InChI is InChI=1S/C26H46O4/c1-21(2)13-9-6-4-3-5-7-12-20-29-25(27)22-16-18-23(19-17-22)26(28)30-24-14-10-8-11-15-24/h21-24H,3-20H2,1-2H3. The average Bonchev–Trinajstić information content (AvgIpc) is 2.75. The molecule has 0 aromatic heterocycles. The minimum atomic E-state index is -0.0530. The van der Waals surface area contributed by atoms with Crippen LogP contribution in [-0.2, 0) is 19.1 Å². The highest BCUT2D eigenvalue weighted by atomic mass is 16.5. The van der Waals surface area contributed by atoms with Gasteiger partial charge in [0, 0.05) is 0 Å². The summed E-state index contributed by atoms with van der Waals surface area (Å²) < 4.78 is 11.2. The third-order valence-corrected chi connectivity index (χ3v) is 6.90. The first-order valence-electron chi connectivity index (χ1n) is 12.9. The van der Waals surface area contributed by atoms with Gasteiger partial charge in [-0.3, -0.25) is 9.59 Å². The van der Waals surface area contributed by atoms with E-state index in [1.165, 1.54) is 57.8 Å². The molecule has 0 amide bonds. The van der Waals surface area contributed by atoms with Gasteiger partial charge in [-0.15, -0.1) is 0 Å². The van der Waals surface area contributed by atoms with E-state index >= 15 is 0 Å². The highest BCUT2D eigenvalue weighted by molar-refractivity contribution is 5.75. The third kappa shape index (κ3) is 10.3. The van der Waals surface area contributed by atoms with Gasteiger partial charge in [0.15, 0.2) is 0 Å². The van der Waals surface area contributed by atoms with Gasteiger partial charge >= 0.3 is 11.9 Å². The molecule has 4 nitrogen and oxygen atoms in total. The quantitative estimate of drug-likeness (QED) is 0.237. The molecule has 2 rings (SSSR count). The van der Waals surface area contributed by atoms with E-state index in [-0.39, 0.29) is 29.9 Å². The topological polar surface area (TPSA) is 52.6 Å². The normalized spacial score (nSPS) is 22.8. The van der Waals surface area contributed by atoms with Crippen LogP contribution in [0.25, 0.3) is 0 Å². The molecule has 2 aliphatic rings. The Balaban J connectivity index is 1.46. The molecule has 4 heteroatoms. The van der Waals surface area contributed by atoms with Crippen molar-refractivity contribution < 1.29 is 19.1 Å². The van der Waals surface area contributed by atoms with Crippen molar-refractivity contribution in [3.63, 3.8) is 0 Å². The molecule has 2 saturated carbocycles. The maximum Gasteiger partial charge on any atom is 0.309 e. The molecule has 0 saturated heterocycles. The zero-order valence-corrected chi connectivity index (χ0v) is 19.7. The van der Waals surface area contributed by atoms with Crippen LogP contribution in [0.15, 0.2) is 0 Å². The molecular formula is C26H46O4. The second-order valence-electron chi connectivity index (χ2n) is 10.1. The molecule has 0 radical (unpaired) electrons. The van der Waals surface area contributed by atoms with Crippen LogP contribution in [0.2, 0.25) is 0 Å². The van der Waals surface area contributed by atoms with Gasteiger partial charge in [0.2, 0.25) is 0 Å². The molecule has 0 atom stereocenters. The SMILES string of the molecule is CC(C)CCCCCCCCCOC(=O)C1CCC(C(=O)OC2CCCCC2)CC1. The smallest absolute Gasteiger partial charge is 0.309 e. The molecule has 30 heavy (non-hydrogen) atoms. The van der Waals surface area contributed by atoms with Gasteiger partial charge in [0.05, 0.1) is 18.4 Å². The number of carbonyl (C=O) groups excluding carboxylic acids is 2. The van der Waals surface area contributed by atoms with E-state index in [1.807, 2.05) is 0 Å². The van der Waals surface area contributed by atoms with Gasteiger partial charge in [-0.1, -0.05) is 65.2 Å². The van der Waals surface area contributed by atoms with Crippen molar-refractivity contribution in [2.45, 2.75) is 129 Å². The van der Waals surface area contributed by atoms with E-state index in [9.17, 15) is 9.59 Å². The van der Waals surface area contributed by atoms with Crippen LogP contribution < -0.4 is 0 Å². The van der Waals surface area contributed by atoms with Crippen LogP contribution in [-0.4, -0.2) is 24.6 Å². The second kappa shape index (κ2) is 14.9. The fraction of sp³-hybridized carbons (Fsp3) is 0.923. The molecule has 174 valence electrons. The van der Waals surface area contributed by atoms with Crippen molar-refractivity contribution in [2.75, 3.05) is 6.61 Å². The van der Waals surface area contributed by atoms with Crippen LogP contribution in [0.4, 0.5) is 0 Å². The predicted molar refractivity (Wildman–Crippen MR) is 121 cm³/mol. The summed E-state index contributed by atoms with van der Waals surface area (Å²) in [6.07, 6.45) is 18.9. The van der Waals surface area contributed by atoms with Crippen molar-refractivity contribution in [2.24, 2.45) is 17.8 Å². The van der Waals surface area contributed by atoms with Gasteiger partial charge in [-0.25, -0.2) is 0 Å². The van der Waals surface area contributed by atoms with E-state index in [0.29, 0.717) is 6.61 Å². The van der Waals surface area contributed by atoms with E-state index in [4.69, 9.17) is 9.47 Å². The number of rotatable bonds is 13. The summed E-state index contributed by atoms with van der Waals surface area (Å²) in [7, 11) is 0. The first kappa shape index (κ1) is 25.2. The minimum Gasteiger partial charge on any atom is -0.465 e. The first-order valence-corrected chi connectivity index (χ1v) is 12.9. The van der Waals surface area contributed by atoms with Crippen molar-refractivity contribution in [1.29, 1.82) is 0 Å². The van der Waals surface area contributed by atoms with Crippen molar-refractivity contribution in [3.8, 4) is 0 Å². The Morgan fingerprint density at radius 1 is 0.700 bits per heavy atom. The minimum absolute atomic E-state index is 0.0171. The van der Waals surface area contributed by atoms with E-state index in [0.717, 1.165) is 57.3 Å². The monoisotopic (exact) mass is 422 g/mol. The second-order valence-corrected chi connectivity index (χ2v) is 10.1. The molecular weight excluding hydrogens is 376 g/mol. The summed E-state index contributed by atoms with van der Waals surface area (Å²) in [6, 6.07) is 0. The lowest BCUT2D eigenvalue weighted by molar-refractivity contribution is -0.159. The molecule has 0 N–H and O–H groups in total. The van der Waals surface area contributed by atoms with Crippen LogP contribution >= 0.6 is 0 Å². The van der Waals surface area contributed by atoms with Gasteiger partial charge < -0.3 is 9.47 Å². The Morgan fingerprint density at radius 3 is 1.83 bits per heavy atom. The lowest BCUT2D eigenvalue weighted by Gasteiger charge is -2.28. The van der Waals surface area contributed by atoms with Gasteiger partial charge in [-0.05, 0) is 63.7 Å². The summed E-state index contributed by atoms with van der Waals surface area (Å²) >= 11 is 0. The van der Waals surface area contributed by atoms with Gasteiger partial charge in [-0.2, -0.15) is 0 Å². The summed E-state index contributed by atoms with van der Waals surface area (Å²) in [5.41, 5.74) is 0. The van der Waals surface area contributed by atoms with Gasteiger partial charge in [0.25, 0.3) is 0 Å². The zero-order chi connectivity index (χ0) is 21.6. The number of esters is 2. The van der Waals surface area contributed by atoms with E-state index in [2.05, 4.69) is 13.8 Å². The number of hydrogen-bond donors (Lipinski definition) is 0. The summed E-state index contributed by atoms with van der Waals surface area (Å²) in [5, 5.41) is 0. The molecule has 0 spiro atoms. The predicted octanol–water partition coefficient (Wildman–Crippen LogP) is 6.99. The van der Waals surface area contributed by atoms with E-state index in [1.54, 1.807) is 0 Å². The summed E-state index contributed by atoms with van der Waals surface area (Å²) in [6.45, 7) is 5.13. The molecule has 0 unspecified atom stereocenters. The largest absolute Gasteiger partial charge is 0.465 e. The van der Waals surface area contributed by atoms with Crippen molar-refractivity contribution >= 4 is 11.9 Å². The zero-order valence-electron chi connectivity index (χ0n) is 19.7. The van der Waals surface area contributed by atoms with Crippen LogP contribution in [0.5, 0.6) is 0 Å². The Labute approximate surface area is 184 Å². The van der Waals surface area contributed by atoms with Crippen LogP contribution in [0.1, 0.15) is 123 Å². The molecule has 0 aliphatic heterocycles. The maximum absolute atomic E-state index is 12.4. The third-order valence-electron chi connectivity index (χ3n) is 6.90. The van der Waals surface area contributed by atoms with Crippen LogP contribution in [0, 0.1) is 17.8 Å². The summed E-state index contributed by atoms with van der Waals surface area (Å²) in [4.78, 5) is 24.7. The molecule has 2 aliphatic carbocycles. The number of unbranched alkanes of at least 4 members (excludes halogenated alkanes) is 6. The number of ether oxygens (including phenoxy) is 2. The maximum atomic E-state index is 12.4. The van der Waals surface area contributed by atoms with Crippen molar-refractivity contribution in [3.05, 3.63) is 0 Å². The Morgan fingerprint density at radius 2 is 1.23 bits per heavy atom. The molecule has 0 bridgehead atoms. The molecule has 0 heterocycles. The lowest BCUT2D eigenvalue weighted by Crippen LogP contribution is -2.31. The summed E-state index contributed by atoms with van der Waals surface area (Å²) in [5.74, 6) is 0.701. The Bertz CT molecular complexity index is 473. The number of hydrogen-bond acceptors (Lipinski definition) is 4. The average molecular weight is 423 g/mol. The first-order chi connectivity index (χ1) is 14.6. The lowest BCUT2D eigenvalue weighted by atomic mass is 9.82. The Hall–Kier alpha value is -1.06. The molecule has 0 aromatic rings. The van der Waals surface area contributed by atoms with E-state index < -0.39 is 0 Å².